The molecule has 2 aromatic rings. The second-order valence-corrected chi connectivity index (χ2v) is 6.24. The van der Waals surface area contributed by atoms with Crippen molar-refractivity contribution in [3.8, 4) is 5.88 Å². The summed E-state index contributed by atoms with van der Waals surface area (Å²) in [5.74, 6) is 0.315. The number of carbonyl (C=O) groups is 1. The van der Waals surface area contributed by atoms with E-state index in [9.17, 15) is 4.79 Å². The predicted molar refractivity (Wildman–Crippen MR) is 92.7 cm³/mol. The Kier molecular flexibility index (Phi) is 5.65. The van der Waals surface area contributed by atoms with E-state index in [1.54, 1.807) is 25.4 Å². The van der Waals surface area contributed by atoms with Gasteiger partial charge in [0, 0.05) is 32.6 Å². The van der Waals surface area contributed by atoms with Gasteiger partial charge in [0.05, 0.1) is 18.8 Å². The normalized spacial score (nSPS) is 17.5. The summed E-state index contributed by atoms with van der Waals surface area (Å²) in [5, 5.41) is 4.40. The second kappa shape index (κ2) is 8.11. The maximum absolute atomic E-state index is 13.0. The molecule has 1 amide bonds. The molecule has 1 saturated heterocycles. The van der Waals surface area contributed by atoms with Crippen molar-refractivity contribution in [1.29, 1.82) is 0 Å². The van der Waals surface area contributed by atoms with Crippen molar-refractivity contribution in [3.05, 3.63) is 41.9 Å². The fourth-order valence-corrected chi connectivity index (χ4v) is 3.05. The monoisotopic (exact) mass is 344 g/mol. The van der Waals surface area contributed by atoms with Gasteiger partial charge in [-0.2, -0.15) is 5.10 Å². The van der Waals surface area contributed by atoms with Gasteiger partial charge in [-0.05, 0) is 37.5 Å². The molecule has 1 atom stereocenters. The van der Waals surface area contributed by atoms with E-state index in [0.717, 1.165) is 24.9 Å². The summed E-state index contributed by atoms with van der Waals surface area (Å²) >= 11 is 0. The molecule has 7 nitrogen and oxygen atoms in total. The van der Waals surface area contributed by atoms with Gasteiger partial charge in [-0.1, -0.05) is 0 Å². The molecule has 0 N–H and O–H groups in total. The Labute approximate surface area is 147 Å². The lowest BCUT2D eigenvalue weighted by Crippen LogP contribution is -2.41. The van der Waals surface area contributed by atoms with Crippen LogP contribution >= 0.6 is 0 Å². The van der Waals surface area contributed by atoms with E-state index in [4.69, 9.17) is 9.47 Å². The Bertz CT molecular complexity index is 716. The molecule has 134 valence electrons. The minimum absolute atomic E-state index is 0.0471. The van der Waals surface area contributed by atoms with Crippen LogP contribution in [-0.4, -0.2) is 59.0 Å². The van der Waals surface area contributed by atoms with Crippen LogP contribution in [0.25, 0.3) is 0 Å². The number of ether oxygens (including phenoxy) is 2. The minimum Gasteiger partial charge on any atom is -0.475 e. The van der Waals surface area contributed by atoms with Crippen molar-refractivity contribution < 1.29 is 14.3 Å². The van der Waals surface area contributed by atoms with E-state index in [1.807, 2.05) is 28.9 Å². The van der Waals surface area contributed by atoms with Gasteiger partial charge in [-0.3, -0.25) is 9.48 Å². The van der Waals surface area contributed by atoms with Crippen molar-refractivity contribution >= 4 is 5.91 Å². The van der Waals surface area contributed by atoms with Crippen LogP contribution < -0.4 is 4.74 Å². The summed E-state index contributed by atoms with van der Waals surface area (Å²) in [6, 6.07) is 3.73. The molecule has 2 aromatic heterocycles. The smallest absolute Gasteiger partial charge is 0.259 e. The van der Waals surface area contributed by atoms with Gasteiger partial charge in [-0.15, -0.1) is 0 Å². The molecule has 0 saturated carbocycles. The number of likely N-dealkylation sites (tertiary alicyclic amines) is 1. The fourth-order valence-electron chi connectivity index (χ4n) is 3.05. The standard InChI is InChI=1S/C18H24N4O3/c1-14-11-20-22(12-14)15-5-4-8-21(13-15)18(23)16-6-3-7-19-17(16)25-10-9-24-2/h3,6-7,11-12,15H,4-5,8-10,13H2,1-2H3. The van der Waals surface area contributed by atoms with Gasteiger partial charge < -0.3 is 14.4 Å². The molecular weight excluding hydrogens is 320 g/mol. The van der Waals surface area contributed by atoms with E-state index in [2.05, 4.69) is 10.1 Å². The Hall–Kier alpha value is -2.41. The Morgan fingerprint density at radius 3 is 3.04 bits per heavy atom. The number of hydrogen-bond acceptors (Lipinski definition) is 5. The van der Waals surface area contributed by atoms with Crippen LogP contribution in [-0.2, 0) is 4.74 Å². The highest BCUT2D eigenvalue weighted by Gasteiger charge is 2.27. The fraction of sp³-hybridized carbons (Fsp3) is 0.500. The molecule has 0 spiro atoms. The van der Waals surface area contributed by atoms with E-state index < -0.39 is 0 Å². The zero-order valence-corrected chi connectivity index (χ0v) is 14.7. The lowest BCUT2D eigenvalue weighted by atomic mass is 10.0. The topological polar surface area (TPSA) is 69.5 Å². The molecule has 25 heavy (non-hydrogen) atoms. The second-order valence-electron chi connectivity index (χ2n) is 6.24. The number of aromatic nitrogens is 3. The van der Waals surface area contributed by atoms with Crippen LogP contribution in [0.1, 0.15) is 34.8 Å². The van der Waals surface area contributed by atoms with Crippen molar-refractivity contribution in [2.24, 2.45) is 0 Å². The summed E-state index contributed by atoms with van der Waals surface area (Å²) in [7, 11) is 1.61. The first-order chi connectivity index (χ1) is 12.2. The molecule has 7 heteroatoms. The molecule has 0 aliphatic carbocycles. The number of pyridine rings is 1. The highest BCUT2D eigenvalue weighted by Crippen LogP contribution is 2.24. The highest BCUT2D eigenvalue weighted by molar-refractivity contribution is 5.96. The van der Waals surface area contributed by atoms with Crippen molar-refractivity contribution in [3.63, 3.8) is 0 Å². The zero-order chi connectivity index (χ0) is 17.6. The number of piperidine rings is 1. The predicted octanol–water partition coefficient (Wildman–Crippen LogP) is 2.09. The van der Waals surface area contributed by atoms with Crippen LogP contribution in [0.3, 0.4) is 0 Å². The molecule has 1 aliphatic rings. The number of amides is 1. The first-order valence-electron chi connectivity index (χ1n) is 8.56. The maximum atomic E-state index is 13.0. The van der Waals surface area contributed by atoms with Gasteiger partial charge in [0.25, 0.3) is 5.91 Å². The molecular formula is C18H24N4O3. The summed E-state index contributed by atoms with van der Waals surface area (Å²) in [6.07, 6.45) is 7.49. The van der Waals surface area contributed by atoms with Gasteiger partial charge >= 0.3 is 0 Å². The van der Waals surface area contributed by atoms with Crippen molar-refractivity contribution in [2.45, 2.75) is 25.8 Å². The van der Waals surface area contributed by atoms with Crippen LogP contribution in [0, 0.1) is 6.92 Å². The number of methoxy groups -OCH3 is 1. The molecule has 3 heterocycles. The lowest BCUT2D eigenvalue weighted by molar-refractivity contribution is 0.0665. The third-order valence-electron chi connectivity index (χ3n) is 4.32. The Balaban J connectivity index is 1.72. The van der Waals surface area contributed by atoms with Crippen LogP contribution in [0.5, 0.6) is 5.88 Å². The van der Waals surface area contributed by atoms with E-state index in [0.29, 0.717) is 31.2 Å². The zero-order valence-electron chi connectivity index (χ0n) is 14.7. The third kappa shape index (κ3) is 4.17. The molecule has 1 fully saturated rings. The first-order valence-corrected chi connectivity index (χ1v) is 8.56. The number of aryl methyl sites for hydroxylation is 1. The highest BCUT2D eigenvalue weighted by atomic mass is 16.5. The van der Waals surface area contributed by atoms with Gasteiger partial charge in [0.1, 0.15) is 12.2 Å². The number of nitrogens with zero attached hydrogens (tertiary/aromatic N) is 4. The quantitative estimate of drug-likeness (QED) is 0.751. The maximum Gasteiger partial charge on any atom is 0.259 e. The largest absolute Gasteiger partial charge is 0.475 e. The summed E-state index contributed by atoms with van der Waals surface area (Å²) in [4.78, 5) is 19.1. The summed E-state index contributed by atoms with van der Waals surface area (Å²) in [5.41, 5.74) is 1.63. The minimum atomic E-state index is -0.0471. The van der Waals surface area contributed by atoms with E-state index in [-0.39, 0.29) is 11.9 Å². The van der Waals surface area contributed by atoms with Gasteiger partial charge in [0.15, 0.2) is 0 Å². The molecule has 1 unspecified atom stereocenters. The van der Waals surface area contributed by atoms with E-state index in [1.165, 1.54) is 0 Å². The Morgan fingerprint density at radius 1 is 1.40 bits per heavy atom. The first kappa shape index (κ1) is 17.4. The molecule has 0 bridgehead atoms. The molecule has 3 rings (SSSR count). The van der Waals surface area contributed by atoms with E-state index >= 15 is 0 Å². The third-order valence-corrected chi connectivity index (χ3v) is 4.32. The average Bonchev–Trinajstić information content (AvgIpc) is 3.08. The van der Waals surface area contributed by atoms with Crippen LogP contribution in [0.4, 0.5) is 0 Å². The average molecular weight is 344 g/mol. The van der Waals surface area contributed by atoms with Gasteiger partial charge in [-0.25, -0.2) is 4.98 Å². The molecule has 0 aromatic carbocycles. The number of hydrogen-bond donors (Lipinski definition) is 0. The molecule has 0 radical (unpaired) electrons. The summed E-state index contributed by atoms with van der Waals surface area (Å²) < 4.78 is 12.6. The number of carbonyl (C=O) groups excluding carboxylic acids is 1. The van der Waals surface area contributed by atoms with Gasteiger partial charge in [0.2, 0.25) is 5.88 Å². The summed E-state index contributed by atoms with van der Waals surface area (Å²) in [6.45, 7) is 4.22. The van der Waals surface area contributed by atoms with Crippen molar-refractivity contribution in [2.75, 3.05) is 33.4 Å². The number of rotatable bonds is 6. The van der Waals surface area contributed by atoms with Crippen LogP contribution in [0.15, 0.2) is 30.7 Å². The molecule has 1 aliphatic heterocycles. The lowest BCUT2D eigenvalue weighted by Gasteiger charge is -2.33. The Morgan fingerprint density at radius 2 is 2.28 bits per heavy atom. The SMILES string of the molecule is COCCOc1ncccc1C(=O)N1CCCC(n2cc(C)cn2)C1. The van der Waals surface area contributed by atoms with Crippen molar-refractivity contribution in [1.82, 2.24) is 19.7 Å². The van der Waals surface area contributed by atoms with Crippen LogP contribution in [0.2, 0.25) is 0 Å².